The van der Waals surface area contributed by atoms with Gasteiger partial charge in [0.05, 0.1) is 16.2 Å². The molecule has 0 aliphatic rings. The van der Waals surface area contributed by atoms with Gasteiger partial charge in [-0.3, -0.25) is 0 Å². The van der Waals surface area contributed by atoms with Crippen molar-refractivity contribution in [2.45, 2.75) is 6.16 Å². The maximum atomic E-state index is 6.17. The van der Waals surface area contributed by atoms with Crippen LogP contribution in [-0.2, 0) is 22.5 Å². The zero-order valence-corrected chi connectivity index (χ0v) is 15.9. The molecule has 0 fully saturated rings. The molecule has 0 aliphatic heterocycles. The largest absolute Gasteiger partial charge is 0.441 e. The van der Waals surface area contributed by atoms with Gasteiger partial charge in [-0.05, 0) is 39.4 Å². The second kappa shape index (κ2) is 7.45. The molecule has 112 valence electrons. The smallest absolute Gasteiger partial charge is 0.242 e. The summed E-state index contributed by atoms with van der Waals surface area (Å²) in [6, 6.07) is 13.1. The molecule has 0 radical (unpaired) electrons. The molecule has 7 heteroatoms. The fraction of sp³-hybridized carbons (Fsp3) is 0.143. The molecular weight excluding hydrogens is 414 g/mol. The Kier molecular flexibility index (Phi) is 6.13. The Labute approximate surface area is 147 Å². The van der Waals surface area contributed by atoms with Crippen LogP contribution in [-0.4, -0.2) is 7.11 Å². The summed E-state index contributed by atoms with van der Waals surface area (Å²) in [4.78, 5) is 0. The summed E-state index contributed by atoms with van der Waals surface area (Å²) in [5.41, 5.74) is 1.06. The summed E-state index contributed by atoms with van der Waals surface area (Å²) >= 11 is 21.1. The average Bonchev–Trinajstić information content (AvgIpc) is 2.46. The van der Waals surface area contributed by atoms with E-state index in [0.29, 0.717) is 26.4 Å². The van der Waals surface area contributed by atoms with Crippen molar-refractivity contribution in [1.29, 1.82) is 0 Å². The van der Waals surface area contributed by atoms with Crippen LogP contribution in [0, 0.1) is 0 Å². The molecule has 0 saturated carbocycles. The predicted molar refractivity (Wildman–Crippen MR) is 96.2 cm³/mol. The van der Waals surface area contributed by atoms with E-state index in [1.807, 2.05) is 30.3 Å². The van der Waals surface area contributed by atoms with E-state index in [1.54, 1.807) is 19.2 Å². The third kappa shape index (κ3) is 4.69. The highest BCUT2D eigenvalue weighted by Crippen LogP contribution is 2.53. The lowest BCUT2D eigenvalue weighted by atomic mass is 10.2. The quantitative estimate of drug-likeness (QED) is 0.414. The van der Waals surface area contributed by atoms with Crippen molar-refractivity contribution in [2.75, 3.05) is 7.11 Å². The Hall–Kier alpha value is -0.0900. The zero-order chi connectivity index (χ0) is 15.5. The molecule has 0 spiro atoms. The highest BCUT2D eigenvalue weighted by Gasteiger charge is 2.22. The maximum absolute atomic E-state index is 6.17. The summed E-state index contributed by atoms with van der Waals surface area (Å²) < 4.78 is 12.1. The molecule has 0 aliphatic carbocycles. The molecule has 0 heterocycles. The van der Waals surface area contributed by atoms with Gasteiger partial charge in [-0.2, -0.15) is 0 Å². The van der Waals surface area contributed by atoms with E-state index < -0.39 is 6.49 Å². The minimum atomic E-state index is -2.53. The minimum absolute atomic E-state index is 0.436. The summed E-state index contributed by atoms with van der Waals surface area (Å²) in [7, 11) is 1.55. The summed E-state index contributed by atoms with van der Waals surface area (Å²) in [5.74, 6) is 0.436. The number of halogens is 3. The van der Waals surface area contributed by atoms with Crippen molar-refractivity contribution in [1.82, 2.24) is 0 Å². The molecule has 0 aromatic heterocycles. The van der Waals surface area contributed by atoms with Gasteiger partial charge in [0, 0.05) is 17.6 Å². The lowest BCUT2D eigenvalue weighted by molar-refractivity contribution is 0.391. The minimum Gasteiger partial charge on any atom is -0.441 e. The van der Waals surface area contributed by atoms with E-state index in [0.717, 1.165) is 5.56 Å². The van der Waals surface area contributed by atoms with Crippen LogP contribution < -0.4 is 4.52 Å². The van der Waals surface area contributed by atoms with E-state index in [-0.39, 0.29) is 0 Å². The van der Waals surface area contributed by atoms with E-state index in [9.17, 15) is 0 Å². The van der Waals surface area contributed by atoms with Crippen LogP contribution in [0.3, 0.4) is 0 Å². The zero-order valence-electron chi connectivity index (χ0n) is 11.1. The number of benzene rings is 2. The fourth-order valence-electron chi connectivity index (χ4n) is 1.67. The average molecular weight is 426 g/mol. The molecule has 1 unspecified atom stereocenters. The maximum Gasteiger partial charge on any atom is 0.242 e. The van der Waals surface area contributed by atoms with Gasteiger partial charge in [0.1, 0.15) is 5.75 Å². The standard InChI is InChI=1S/C14H12BrCl2O2PS/c1-18-20(21,9-10-5-3-2-4-6-10)19-14-8-12(16)11(15)7-13(14)17/h2-8H,9H2,1H3. The van der Waals surface area contributed by atoms with Crippen LogP contribution in [0.15, 0.2) is 46.9 Å². The molecule has 21 heavy (non-hydrogen) atoms. The third-order valence-electron chi connectivity index (χ3n) is 2.71. The van der Waals surface area contributed by atoms with Crippen LogP contribution in [0.4, 0.5) is 0 Å². The van der Waals surface area contributed by atoms with Crippen LogP contribution in [0.25, 0.3) is 0 Å². The Morgan fingerprint density at radius 2 is 1.81 bits per heavy atom. The van der Waals surface area contributed by atoms with Crippen LogP contribution in [0.1, 0.15) is 5.56 Å². The molecule has 0 amide bonds. The normalized spacial score (nSPS) is 13.7. The number of rotatable bonds is 5. The predicted octanol–water partition coefficient (Wildman–Crippen LogP) is 6.29. The van der Waals surface area contributed by atoms with Crippen molar-refractivity contribution in [3.63, 3.8) is 0 Å². The van der Waals surface area contributed by atoms with Crippen molar-refractivity contribution >= 4 is 57.4 Å². The lowest BCUT2D eigenvalue weighted by Crippen LogP contribution is -1.99. The second-order valence-electron chi connectivity index (χ2n) is 4.23. The van der Waals surface area contributed by atoms with E-state index in [4.69, 9.17) is 44.1 Å². The van der Waals surface area contributed by atoms with Gasteiger partial charge in [-0.1, -0.05) is 53.5 Å². The molecule has 2 aromatic rings. The Morgan fingerprint density at radius 1 is 1.14 bits per heavy atom. The topological polar surface area (TPSA) is 18.5 Å². The van der Waals surface area contributed by atoms with Crippen molar-refractivity contribution < 1.29 is 9.05 Å². The van der Waals surface area contributed by atoms with Crippen molar-refractivity contribution in [2.24, 2.45) is 0 Å². The van der Waals surface area contributed by atoms with Gasteiger partial charge in [0.15, 0.2) is 0 Å². The third-order valence-corrected chi connectivity index (χ3v) is 7.04. The Balaban J connectivity index is 2.26. The summed E-state index contributed by atoms with van der Waals surface area (Å²) in [5, 5.41) is 0.942. The fourth-order valence-corrected chi connectivity index (χ4v) is 4.62. The molecule has 2 aromatic carbocycles. The van der Waals surface area contributed by atoms with Crippen LogP contribution >= 0.6 is 45.6 Å². The molecule has 1 atom stereocenters. The second-order valence-corrected chi connectivity index (χ2v) is 9.65. The van der Waals surface area contributed by atoms with Gasteiger partial charge in [0.25, 0.3) is 0 Å². The van der Waals surface area contributed by atoms with E-state index in [1.165, 1.54) is 0 Å². The van der Waals surface area contributed by atoms with Crippen molar-refractivity contribution in [3.05, 3.63) is 62.5 Å². The Bertz CT molecular complexity index is 682. The highest BCUT2D eigenvalue weighted by molar-refractivity contribution is 9.10. The van der Waals surface area contributed by atoms with Gasteiger partial charge < -0.3 is 9.05 Å². The first-order chi connectivity index (χ1) is 9.93. The van der Waals surface area contributed by atoms with Crippen molar-refractivity contribution in [3.8, 4) is 5.75 Å². The van der Waals surface area contributed by atoms with E-state index >= 15 is 0 Å². The molecule has 0 saturated heterocycles. The molecule has 2 rings (SSSR count). The first-order valence-electron chi connectivity index (χ1n) is 5.96. The molecule has 0 N–H and O–H groups in total. The van der Waals surface area contributed by atoms with Gasteiger partial charge in [-0.25, -0.2) is 0 Å². The SMILES string of the molecule is COP(=S)(Cc1ccccc1)Oc1cc(Cl)c(Br)cc1Cl. The molecular formula is C14H12BrCl2O2PS. The highest BCUT2D eigenvalue weighted by atomic mass is 79.9. The van der Waals surface area contributed by atoms with Crippen LogP contribution in [0.2, 0.25) is 10.0 Å². The summed E-state index contributed by atoms with van der Waals surface area (Å²) in [6.45, 7) is -2.53. The molecule has 0 bridgehead atoms. The van der Waals surface area contributed by atoms with Crippen LogP contribution in [0.5, 0.6) is 5.75 Å². The van der Waals surface area contributed by atoms with Gasteiger partial charge in [0.2, 0.25) is 6.49 Å². The first-order valence-corrected chi connectivity index (χ1v) is 10.3. The monoisotopic (exact) mass is 424 g/mol. The molecule has 2 nitrogen and oxygen atoms in total. The van der Waals surface area contributed by atoms with Gasteiger partial charge in [-0.15, -0.1) is 0 Å². The first kappa shape index (κ1) is 17.3. The van der Waals surface area contributed by atoms with E-state index in [2.05, 4.69) is 15.9 Å². The number of hydrogen-bond acceptors (Lipinski definition) is 3. The lowest BCUT2D eigenvalue weighted by Gasteiger charge is -2.22. The number of hydrogen-bond donors (Lipinski definition) is 0. The Morgan fingerprint density at radius 3 is 2.43 bits per heavy atom. The summed E-state index contributed by atoms with van der Waals surface area (Å²) in [6.07, 6.45) is 0.518. The van der Waals surface area contributed by atoms with Gasteiger partial charge >= 0.3 is 0 Å².